The number of ether oxygens (including phenoxy) is 2. The Balaban J connectivity index is 3.04. The molecule has 0 aromatic heterocycles. The van der Waals surface area contributed by atoms with E-state index >= 15 is 0 Å². The minimum atomic E-state index is -1.05. The molecule has 0 aromatic carbocycles. The van der Waals surface area contributed by atoms with Crippen LogP contribution in [0.2, 0.25) is 0 Å². The number of carbonyl (C=O) groups excluding carboxylic acids is 3. The number of carbonyl (C=O) groups is 3. The van der Waals surface area contributed by atoms with E-state index in [9.17, 15) is 14.4 Å². The molecule has 3 atom stereocenters. The third kappa shape index (κ3) is 5.70. The summed E-state index contributed by atoms with van der Waals surface area (Å²) in [5.41, 5.74) is -0.478. The van der Waals surface area contributed by atoms with Crippen LogP contribution in [0.3, 0.4) is 0 Å². The third-order valence-electron chi connectivity index (χ3n) is 4.08. The lowest BCUT2D eigenvalue weighted by Gasteiger charge is -2.32. The number of likely N-dealkylation sites (N-methyl/N-ethyl adjacent to an activating group) is 1. The van der Waals surface area contributed by atoms with Crippen LogP contribution in [-0.2, 0) is 23.9 Å². The molecule has 1 saturated heterocycles. The summed E-state index contributed by atoms with van der Waals surface area (Å²) in [6.45, 7) is 12.8. The lowest BCUT2D eigenvalue weighted by Crippen LogP contribution is -2.55. The highest BCUT2D eigenvalue weighted by atomic mass is 16.8. The van der Waals surface area contributed by atoms with E-state index in [0.29, 0.717) is 6.42 Å². The highest BCUT2D eigenvalue weighted by Gasteiger charge is 2.48. The zero-order valence-corrected chi connectivity index (χ0v) is 16.6. The highest BCUT2D eigenvalue weighted by molar-refractivity contribution is 5.92. The molecule has 1 fully saturated rings. The zero-order valence-electron chi connectivity index (χ0n) is 16.6. The topological polar surface area (TPSA) is 93.7 Å². The van der Waals surface area contributed by atoms with Crippen molar-refractivity contribution in [1.29, 1.82) is 0 Å². The Hall–Kier alpha value is -1.63. The van der Waals surface area contributed by atoms with Crippen LogP contribution in [0.15, 0.2) is 0 Å². The normalized spacial score (nSPS) is 22.3. The maximum Gasteiger partial charge on any atom is 0.338 e. The van der Waals surface area contributed by atoms with E-state index in [1.807, 2.05) is 34.6 Å². The van der Waals surface area contributed by atoms with Crippen molar-refractivity contribution >= 4 is 17.8 Å². The summed E-state index contributed by atoms with van der Waals surface area (Å²) in [4.78, 5) is 37.3. The molecule has 2 N–H and O–H groups in total. The van der Waals surface area contributed by atoms with Gasteiger partial charge in [0.25, 0.3) is 0 Å². The fourth-order valence-electron chi connectivity index (χ4n) is 2.87. The molecule has 25 heavy (non-hydrogen) atoms. The molecule has 2 amide bonds. The minimum absolute atomic E-state index is 0.170. The Bertz CT molecular complexity index is 522. The van der Waals surface area contributed by atoms with Crippen molar-refractivity contribution in [1.82, 2.24) is 10.6 Å². The molecular formula is C18H32N2O5. The molecule has 1 aliphatic heterocycles. The monoisotopic (exact) mass is 356 g/mol. The van der Waals surface area contributed by atoms with Gasteiger partial charge < -0.3 is 20.1 Å². The van der Waals surface area contributed by atoms with E-state index in [2.05, 4.69) is 10.6 Å². The number of hydrogen-bond donors (Lipinski definition) is 2. The van der Waals surface area contributed by atoms with Crippen molar-refractivity contribution < 1.29 is 23.9 Å². The van der Waals surface area contributed by atoms with Crippen LogP contribution in [0.25, 0.3) is 0 Å². The Morgan fingerprint density at radius 2 is 1.76 bits per heavy atom. The number of hydrogen-bond acceptors (Lipinski definition) is 5. The first-order valence-electron chi connectivity index (χ1n) is 8.71. The molecule has 1 rings (SSSR count). The van der Waals surface area contributed by atoms with E-state index in [1.54, 1.807) is 13.8 Å². The second-order valence-electron chi connectivity index (χ2n) is 8.52. The summed E-state index contributed by atoms with van der Waals surface area (Å²) < 4.78 is 10.9. The predicted molar refractivity (Wildman–Crippen MR) is 93.4 cm³/mol. The lowest BCUT2D eigenvalue weighted by atomic mass is 9.84. The fourth-order valence-corrected chi connectivity index (χ4v) is 2.87. The summed E-state index contributed by atoms with van der Waals surface area (Å²) in [5, 5.41) is 5.37. The maximum atomic E-state index is 12.9. The van der Waals surface area contributed by atoms with Crippen LogP contribution in [0.5, 0.6) is 0 Å². The fraction of sp³-hybridized carbons (Fsp3) is 0.833. The molecule has 0 aromatic rings. The van der Waals surface area contributed by atoms with Gasteiger partial charge in [-0.05, 0) is 17.8 Å². The van der Waals surface area contributed by atoms with Gasteiger partial charge in [0.05, 0.1) is 5.92 Å². The second-order valence-corrected chi connectivity index (χ2v) is 8.52. The molecule has 0 aliphatic carbocycles. The van der Waals surface area contributed by atoms with Gasteiger partial charge in [-0.2, -0.15) is 0 Å². The summed E-state index contributed by atoms with van der Waals surface area (Å²) in [6, 6.07) is -0.718. The van der Waals surface area contributed by atoms with E-state index < -0.39 is 35.2 Å². The first kappa shape index (κ1) is 21.4. The Labute approximate surface area is 150 Å². The molecular weight excluding hydrogens is 324 g/mol. The van der Waals surface area contributed by atoms with Crippen LogP contribution in [-0.4, -0.2) is 42.8 Å². The molecule has 1 aliphatic rings. The van der Waals surface area contributed by atoms with Crippen molar-refractivity contribution in [3.8, 4) is 0 Å². The molecule has 0 unspecified atom stereocenters. The third-order valence-corrected chi connectivity index (χ3v) is 4.08. The number of rotatable bonds is 6. The maximum absolute atomic E-state index is 12.9. The van der Waals surface area contributed by atoms with E-state index in [1.165, 1.54) is 7.05 Å². The van der Waals surface area contributed by atoms with Crippen molar-refractivity contribution in [3.05, 3.63) is 0 Å². The predicted octanol–water partition coefficient (Wildman–Crippen LogP) is 1.60. The first-order valence-corrected chi connectivity index (χ1v) is 8.71. The molecule has 1 heterocycles. The van der Waals surface area contributed by atoms with Gasteiger partial charge in [-0.3, -0.25) is 9.59 Å². The average Bonchev–Trinajstić information content (AvgIpc) is 2.72. The standard InChI is InChI=1S/C18H32N2O5/c1-10(2)9-11(12-16(23)25-18(6,7)24-12)14(21)20-13(15(22)19-8)17(3,4)5/h10-13H,9H2,1-8H3,(H,19,22)(H,20,21)/t11-,12+,13-/m1/s1. The van der Waals surface area contributed by atoms with Gasteiger partial charge in [-0.25, -0.2) is 4.79 Å². The van der Waals surface area contributed by atoms with Crippen molar-refractivity contribution in [2.75, 3.05) is 7.05 Å². The van der Waals surface area contributed by atoms with Crippen molar-refractivity contribution in [3.63, 3.8) is 0 Å². The number of nitrogens with one attached hydrogen (secondary N) is 2. The van der Waals surface area contributed by atoms with E-state index in [4.69, 9.17) is 9.47 Å². The van der Waals surface area contributed by atoms with Crippen LogP contribution in [0.1, 0.15) is 54.9 Å². The SMILES string of the molecule is CNC(=O)[C@@H](NC(=O)[C@H](CC(C)C)[C@@H]1OC(C)(C)OC1=O)C(C)(C)C. The van der Waals surface area contributed by atoms with Crippen LogP contribution in [0.4, 0.5) is 0 Å². The average molecular weight is 356 g/mol. The smallest absolute Gasteiger partial charge is 0.338 e. The lowest BCUT2D eigenvalue weighted by molar-refractivity contribution is -0.162. The second kappa shape index (κ2) is 7.72. The first-order chi connectivity index (χ1) is 11.3. The number of amides is 2. The molecule has 0 bridgehead atoms. The van der Waals surface area contributed by atoms with Gasteiger partial charge in [0, 0.05) is 20.9 Å². The summed E-state index contributed by atoms with van der Waals surface area (Å²) in [7, 11) is 1.53. The van der Waals surface area contributed by atoms with Gasteiger partial charge in [0.1, 0.15) is 6.04 Å². The Morgan fingerprint density at radius 3 is 2.12 bits per heavy atom. The molecule has 144 valence electrons. The van der Waals surface area contributed by atoms with Crippen LogP contribution in [0, 0.1) is 17.3 Å². The summed E-state index contributed by atoms with van der Waals surface area (Å²) >= 11 is 0. The summed E-state index contributed by atoms with van der Waals surface area (Å²) in [5.74, 6) is -2.80. The summed E-state index contributed by atoms with van der Waals surface area (Å²) in [6.07, 6.45) is -0.519. The minimum Gasteiger partial charge on any atom is -0.432 e. The number of esters is 1. The van der Waals surface area contributed by atoms with Crippen molar-refractivity contribution in [2.24, 2.45) is 17.3 Å². The van der Waals surface area contributed by atoms with Gasteiger partial charge in [0.15, 0.2) is 6.10 Å². The molecule has 7 heteroatoms. The van der Waals surface area contributed by atoms with Gasteiger partial charge in [-0.15, -0.1) is 0 Å². The van der Waals surface area contributed by atoms with Crippen molar-refractivity contribution in [2.45, 2.75) is 72.8 Å². The van der Waals surface area contributed by atoms with Crippen LogP contribution < -0.4 is 10.6 Å². The van der Waals surface area contributed by atoms with E-state index in [0.717, 1.165) is 0 Å². The Morgan fingerprint density at radius 1 is 1.20 bits per heavy atom. The zero-order chi connectivity index (χ0) is 19.6. The largest absolute Gasteiger partial charge is 0.432 e. The molecule has 0 radical (unpaired) electrons. The molecule has 7 nitrogen and oxygen atoms in total. The van der Waals surface area contributed by atoms with Gasteiger partial charge in [0.2, 0.25) is 17.6 Å². The molecule has 0 spiro atoms. The highest BCUT2D eigenvalue weighted by Crippen LogP contribution is 2.31. The van der Waals surface area contributed by atoms with Gasteiger partial charge in [-0.1, -0.05) is 34.6 Å². The van der Waals surface area contributed by atoms with Crippen LogP contribution >= 0.6 is 0 Å². The number of cyclic esters (lactones) is 1. The molecule has 0 saturated carbocycles. The van der Waals surface area contributed by atoms with E-state index in [-0.39, 0.29) is 17.7 Å². The van der Waals surface area contributed by atoms with Gasteiger partial charge >= 0.3 is 5.97 Å². The quantitative estimate of drug-likeness (QED) is 0.705. The Kier molecular flexibility index (Phi) is 6.61.